The van der Waals surface area contributed by atoms with Crippen molar-refractivity contribution in [2.45, 2.75) is 44.9 Å². The lowest BCUT2D eigenvalue weighted by molar-refractivity contribution is 0.0676. The van der Waals surface area contributed by atoms with Crippen LogP contribution in [0.4, 0.5) is 0 Å². The molecule has 7 nitrogen and oxygen atoms in total. The number of rotatable bonds is 10. The lowest BCUT2D eigenvalue weighted by Crippen LogP contribution is -2.43. The summed E-state index contributed by atoms with van der Waals surface area (Å²) in [7, 11) is -2.01. The van der Waals surface area contributed by atoms with Crippen molar-refractivity contribution in [3.8, 4) is 11.5 Å². The van der Waals surface area contributed by atoms with E-state index in [1.54, 1.807) is 54.5 Å². The number of ether oxygens (including phenoxy) is 2. The van der Waals surface area contributed by atoms with Crippen molar-refractivity contribution in [1.82, 2.24) is 9.62 Å². The van der Waals surface area contributed by atoms with Gasteiger partial charge in [-0.05, 0) is 68.4 Å². The molecule has 1 aliphatic rings. The number of nitrogens with zero attached hydrogens (tertiary/aromatic N) is 1. The summed E-state index contributed by atoms with van der Waals surface area (Å²) in [5.41, 5.74) is 1.54. The summed E-state index contributed by atoms with van der Waals surface area (Å²) in [6, 6.07) is 12.0. The van der Waals surface area contributed by atoms with E-state index in [4.69, 9.17) is 9.47 Å². The van der Waals surface area contributed by atoms with Gasteiger partial charge in [0, 0.05) is 25.2 Å². The highest BCUT2D eigenvalue weighted by Gasteiger charge is 2.26. The third-order valence-electron chi connectivity index (χ3n) is 6.06. The van der Waals surface area contributed by atoms with Crippen LogP contribution in [0.15, 0.2) is 47.4 Å². The SMILES string of the molecule is COc1cc(C(=O)N2CCCC(CNS(=O)(=O)c3ccc(C)cc3)C2)ccc1OCCC(C)C. The summed E-state index contributed by atoms with van der Waals surface area (Å²) in [4.78, 5) is 15.2. The second kappa shape index (κ2) is 11.7. The quantitative estimate of drug-likeness (QED) is 0.540. The number of piperidine rings is 1. The van der Waals surface area contributed by atoms with Crippen LogP contribution < -0.4 is 14.2 Å². The molecular formula is C26H36N2O5S. The van der Waals surface area contributed by atoms with Gasteiger partial charge in [0.25, 0.3) is 5.91 Å². The maximum atomic E-state index is 13.2. The van der Waals surface area contributed by atoms with Crippen molar-refractivity contribution in [2.75, 3.05) is 33.4 Å². The van der Waals surface area contributed by atoms with Crippen LogP contribution in [0.1, 0.15) is 49.0 Å². The van der Waals surface area contributed by atoms with Gasteiger partial charge in [-0.25, -0.2) is 13.1 Å². The predicted octanol–water partition coefficient (Wildman–Crippen LogP) is 4.26. The Morgan fingerprint density at radius 3 is 2.56 bits per heavy atom. The van der Waals surface area contributed by atoms with Crippen LogP contribution in [0.25, 0.3) is 0 Å². The van der Waals surface area contributed by atoms with Crippen LogP contribution in [0, 0.1) is 18.8 Å². The Hall–Kier alpha value is -2.58. The number of aryl methyl sites for hydroxylation is 1. The second-order valence-electron chi connectivity index (χ2n) is 9.32. The van der Waals surface area contributed by atoms with Crippen LogP contribution in [-0.4, -0.2) is 52.6 Å². The van der Waals surface area contributed by atoms with Crippen molar-refractivity contribution in [1.29, 1.82) is 0 Å². The summed E-state index contributed by atoms with van der Waals surface area (Å²) in [5, 5.41) is 0. The summed E-state index contributed by atoms with van der Waals surface area (Å²) in [5.74, 6) is 1.67. The molecule has 0 radical (unpaired) electrons. The fourth-order valence-corrected chi connectivity index (χ4v) is 5.07. The molecule has 186 valence electrons. The molecule has 0 bridgehead atoms. The Kier molecular flexibility index (Phi) is 8.97. The smallest absolute Gasteiger partial charge is 0.254 e. The summed E-state index contributed by atoms with van der Waals surface area (Å²) in [6.07, 6.45) is 2.63. The zero-order valence-corrected chi connectivity index (χ0v) is 21.4. The molecule has 2 aromatic rings. The second-order valence-corrected chi connectivity index (χ2v) is 11.1. The minimum atomic E-state index is -3.58. The number of hydrogen-bond donors (Lipinski definition) is 1. The molecule has 0 aliphatic carbocycles. The van der Waals surface area contributed by atoms with Crippen molar-refractivity contribution in [3.63, 3.8) is 0 Å². The fourth-order valence-electron chi connectivity index (χ4n) is 3.95. The number of amides is 1. The van der Waals surface area contributed by atoms with Crippen LogP contribution in [0.2, 0.25) is 0 Å². The first-order valence-corrected chi connectivity index (χ1v) is 13.3. The molecule has 1 amide bonds. The number of benzene rings is 2. The van der Waals surface area contributed by atoms with Crippen LogP contribution in [0.5, 0.6) is 11.5 Å². The molecule has 3 rings (SSSR count). The van der Waals surface area contributed by atoms with Gasteiger partial charge >= 0.3 is 0 Å². The lowest BCUT2D eigenvalue weighted by atomic mass is 9.97. The molecule has 1 saturated heterocycles. The van der Waals surface area contributed by atoms with Crippen LogP contribution in [-0.2, 0) is 10.0 Å². The number of carbonyl (C=O) groups excluding carboxylic acids is 1. The van der Waals surface area contributed by atoms with E-state index in [0.29, 0.717) is 49.2 Å². The van der Waals surface area contributed by atoms with Gasteiger partial charge in [-0.15, -0.1) is 0 Å². The van der Waals surface area contributed by atoms with Gasteiger partial charge in [0.1, 0.15) is 0 Å². The predicted molar refractivity (Wildman–Crippen MR) is 133 cm³/mol. The normalized spacial score (nSPS) is 16.5. The Labute approximate surface area is 203 Å². The third-order valence-corrected chi connectivity index (χ3v) is 7.50. The van der Waals surface area contributed by atoms with E-state index in [0.717, 1.165) is 24.8 Å². The van der Waals surface area contributed by atoms with Crippen molar-refractivity contribution in [3.05, 3.63) is 53.6 Å². The number of carbonyl (C=O) groups is 1. The number of likely N-dealkylation sites (tertiary alicyclic amines) is 1. The topological polar surface area (TPSA) is 84.9 Å². The molecule has 1 atom stereocenters. The first kappa shape index (κ1) is 26.0. The molecule has 1 unspecified atom stereocenters. The van der Waals surface area contributed by atoms with Gasteiger partial charge in [0.05, 0.1) is 18.6 Å². The lowest BCUT2D eigenvalue weighted by Gasteiger charge is -2.33. The zero-order valence-electron chi connectivity index (χ0n) is 20.5. The van der Waals surface area contributed by atoms with Gasteiger partial charge in [-0.1, -0.05) is 31.5 Å². The van der Waals surface area contributed by atoms with Gasteiger partial charge in [-0.3, -0.25) is 4.79 Å². The van der Waals surface area contributed by atoms with Gasteiger partial charge < -0.3 is 14.4 Å². The molecule has 0 saturated carbocycles. The average Bonchev–Trinajstić information content (AvgIpc) is 2.83. The standard InChI is InChI=1S/C26H36N2O5S/c1-19(2)13-15-33-24-12-9-22(16-25(24)32-4)26(29)28-14-5-6-21(18-28)17-27-34(30,31)23-10-7-20(3)8-11-23/h7-12,16,19,21,27H,5-6,13-15,17-18H2,1-4H3. The Balaban J connectivity index is 1.60. The number of methoxy groups -OCH3 is 1. The number of nitrogens with one attached hydrogen (secondary N) is 1. The molecule has 0 aromatic heterocycles. The summed E-state index contributed by atoms with van der Waals surface area (Å²) < 4.78 is 39.2. The van der Waals surface area contributed by atoms with E-state index in [2.05, 4.69) is 18.6 Å². The van der Waals surface area contributed by atoms with E-state index >= 15 is 0 Å². The van der Waals surface area contributed by atoms with Crippen LogP contribution in [0.3, 0.4) is 0 Å². The van der Waals surface area contributed by atoms with Gasteiger partial charge in [0.15, 0.2) is 11.5 Å². The molecule has 1 heterocycles. The molecular weight excluding hydrogens is 452 g/mol. The van der Waals surface area contributed by atoms with E-state index < -0.39 is 10.0 Å². The molecule has 34 heavy (non-hydrogen) atoms. The number of hydrogen-bond acceptors (Lipinski definition) is 5. The maximum Gasteiger partial charge on any atom is 0.254 e. The largest absolute Gasteiger partial charge is 0.493 e. The number of sulfonamides is 1. The average molecular weight is 489 g/mol. The first-order valence-electron chi connectivity index (χ1n) is 11.9. The molecule has 0 spiro atoms. The highest BCUT2D eigenvalue weighted by molar-refractivity contribution is 7.89. The monoisotopic (exact) mass is 488 g/mol. The minimum Gasteiger partial charge on any atom is -0.493 e. The molecule has 2 aromatic carbocycles. The fraction of sp³-hybridized carbons (Fsp3) is 0.500. The summed E-state index contributed by atoms with van der Waals surface area (Å²) >= 11 is 0. The van der Waals surface area contributed by atoms with Crippen molar-refractivity contribution >= 4 is 15.9 Å². The minimum absolute atomic E-state index is 0.0541. The maximum absolute atomic E-state index is 13.2. The van der Waals surface area contributed by atoms with E-state index in [1.165, 1.54) is 0 Å². The van der Waals surface area contributed by atoms with Crippen molar-refractivity contribution < 1.29 is 22.7 Å². The molecule has 1 aliphatic heterocycles. The highest BCUT2D eigenvalue weighted by Crippen LogP contribution is 2.29. The van der Waals surface area contributed by atoms with E-state index in [1.807, 2.05) is 6.92 Å². The van der Waals surface area contributed by atoms with Crippen molar-refractivity contribution in [2.24, 2.45) is 11.8 Å². The first-order chi connectivity index (χ1) is 16.2. The highest BCUT2D eigenvalue weighted by atomic mass is 32.2. The third kappa shape index (κ3) is 6.96. The van der Waals surface area contributed by atoms with Crippen LogP contribution >= 0.6 is 0 Å². The Morgan fingerprint density at radius 2 is 1.88 bits per heavy atom. The summed E-state index contributed by atoms with van der Waals surface area (Å²) in [6.45, 7) is 8.24. The molecule has 1 fully saturated rings. The van der Waals surface area contributed by atoms with Gasteiger partial charge in [-0.2, -0.15) is 0 Å². The Morgan fingerprint density at radius 1 is 1.15 bits per heavy atom. The zero-order chi connectivity index (χ0) is 24.7. The van der Waals surface area contributed by atoms with E-state index in [-0.39, 0.29) is 16.7 Å². The van der Waals surface area contributed by atoms with E-state index in [9.17, 15) is 13.2 Å². The molecule has 8 heteroatoms. The Bertz CT molecular complexity index is 1070. The molecule has 1 N–H and O–H groups in total. The van der Waals surface area contributed by atoms with Gasteiger partial charge in [0.2, 0.25) is 10.0 Å².